The number of methoxy groups -OCH3 is 2. The number of benzene rings is 2. The molecule has 0 saturated carbocycles. The van der Waals surface area contributed by atoms with E-state index in [-0.39, 0.29) is 30.6 Å². The number of nitrogens with zero attached hydrogens (tertiary/aromatic N) is 1. The second kappa shape index (κ2) is 13.5. The standard InChI is InChI=1S/C26H35FN2O4/c1-5-7-16-28-26(31)22(6-2)29(18-20-8-12-21(27)13-9-20)25(30)15-11-19-10-14-23(32-3)24(17-19)33-4/h8-10,12-14,17,22H,5-7,11,15-16,18H2,1-4H3,(H,28,31)/t22-/m1/s1. The quantitative estimate of drug-likeness (QED) is 0.449. The molecule has 0 aliphatic carbocycles. The Labute approximate surface area is 196 Å². The summed E-state index contributed by atoms with van der Waals surface area (Å²) in [7, 11) is 3.14. The molecular formula is C26H35FN2O4. The lowest BCUT2D eigenvalue weighted by atomic mass is 10.1. The van der Waals surface area contributed by atoms with Crippen LogP contribution >= 0.6 is 0 Å². The van der Waals surface area contributed by atoms with Crippen molar-refractivity contribution in [2.45, 2.75) is 58.5 Å². The van der Waals surface area contributed by atoms with Crippen molar-refractivity contribution in [2.24, 2.45) is 0 Å². The van der Waals surface area contributed by atoms with Crippen LogP contribution in [0.2, 0.25) is 0 Å². The molecule has 2 rings (SSSR count). The summed E-state index contributed by atoms with van der Waals surface area (Å²) in [5.74, 6) is 0.598. The Morgan fingerprint density at radius 3 is 2.27 bits per heavy atom. The van der Waals surface area contributed by atoms with Crippen molar-refractivity contribution in [2.75, 3.05) is 20.8 Å². The number of nitrogens with one attached hydrogen (secondary N) is 1. The molecule has 0 aromatic heterocycles. The molecule has 2 aromatic rings. The number of halogens is 1. The van der Waals surface area contributed by atoms with Gasteiger partial charge in [-0.2, -0.15) is 0 Å². The highest BCUT2D eigenvalue weighted by Crippen LogP contribution is 2.28. The van der Waals surface area contributed by atoms with Crippen LogP contribution in [-0.2, 0) is 22.6 Å². The highest BCUT2D eigenvalue weighted by atomic mass is 19.1. The Balaban J connectivity index is 2.19. The van der Waals surface area contributed by atoms with Crippen molar-refractivity contribution in [3.8, 4) is 11.5 Å². The van der Waals surface area contributed by atoms with Crippen molar-refractivity contribution >= 4 is 11.8 Å². The smallest absolute Gasteiger partial charge is 0.242 e. The molecule has 0 spiro atoms. The summed E-state index contributed by atoms with van der Waals surface area (Å²) < 4.78 is 24.0. The van der Waals surface area contributed by atoms with Gasteiger partial charge in [-0.1, -0.05) is 38.5 Å². The van der Waals surface area contributed by atoms with Gasteiger partial charge in [0.2, 0.25) is 11.8 Å². The predicted molar refractivity (Wildman–Crippen MR) is 127 cm³/mol. The van der Waals surface area contributed by atoms with E-state index >= 15 is 0 Å². The number of carbonyl (C=O) groups is 2. The SMILES string of the molecule is CCCCNC(=O)[C@@H](CC)N(Cc1ccc(F)cc1)C(=O)CCc1ccc(OC)c(OC)c1. The fourth-order valence-electron chi connectivity index (χ4n) is 3.64. The minimum atomic E-state index is -0.593. The molecular weight excluding hydrogens is 423 g/mol. The molecule has 2 aromatic carbocycles. The largest absolute Gasteiger partial charge is 0.493 e. The van der Waals surface area contributed by atoms with E-state index in [0.717, 1.165) is 24.0 Å². The molecule has 0 saturated heterocycles. The number of carbonyl (C=O) groups excluding carboxylic acids is 2. The maximum atomic E-state index is 13.4. The van der Waals surface area contributed by atoms with E-state index in [2.05, 4.69) is 12.2 Å². The first kappa shape index (κ1) is 26.2. The maximum Gasteiger partial charge on any atom is 0.242 e. The molecule has 0 aliphatic heterocycles. The van der Waals surface area contributed by atoms with E-state index < -0.39 is 6.04 Å². The zero-order chi connectivity index (χ0) is 24.2. The summed E-state index contributed by atoms with van der Waals surface area (Å²) in [6, 6.07) is 11.0. The fraction of sp³-hybridized carbons (Fsp3) is 0.462. The lowest BCUT2D eigenvalue weighted by Gasteiger charge is -2.31. The van der Waals surface area contributed by atoms with Crippen molar-refractivity contribution in [3.05, 3.63) is 59.4 Å². The van der Waals surface area contributed by atoms with E-state index in [1.807, 2.05) is 25.1 Å². The second-order valence-electron chi connectivity index (χ2n) is 7.91. The molecule has 0 bridgehead atoms. The van der Waals surface area contributed by atoms with Crippen molar-refractivity contribution in [1.82, 2.24) is 10.2 Å². The minimum absolute atomic E-state index is 0.133. The average Bonchev–Trinajstić information content (AvgIpc) is 2.83. The monoisotopic (exact) mass is 458 g/mol. The lowest BCUT2D eigenvalue weighted by Crippen LogP contribution is -2.49. The van der Waals surface area contributed by atoms with E-state index in [1.54, 1.807) is 31.3 Å². The molecule has 33 heavy (non-hydrogen) atoms. The Hall–Kier alpha value is -3.09. The topological polar surface area (TPSA) is 67.9 Å². The molecule has 180 valence electrons. The van der Waals surface area contributed by atoms with Crippen LogP contribution in [0.1, 0.15) is 50.7 Å². The highest BCUT2D eigenvalue weighted by molar-refractivity contribution is 5.87. The summed E-state index contributed by atoms with van der Waals surface area (Å²) in [5, 5.41) is 2.94. The fourth-order valence-corrected chi connectivity index (χ4v) is 3.64. The van der Waals surface area contributed by atoms with Crippen molar-refractivity contribution in [1.29, 1.82) is 0 Å². The van der Waals surface area contributed by atoms with Gasteiger partial charge < -0.3 is 19.7 Å². The lowest BCUT2D eigenvalue weighted by molar-refractivity contribution is -0.141. The third-order valence-corrected chi connectivity index (χ3v) is 5.56. The first-order chi connectivity index (χ1) is 15.9. The van der Waals surface area contributed by atoms with Gasteiger partial charge in [-0.25, -0.2) is 4.39 Å². The van der Waals surface area contributed by atoms with E-state index in [4.69, 9.17) is 9.47 Å². The first-order valence-corrected chi connectivity index (χ1v) is 11.5. The van der Waals surface area contributed by atoms with Gasteiger partial charge in [-0.05, 0) is 54.7 Å². The van der Waals surface area contributed by atoms with Gasteiger partial charge in [-0.15, -0.1) is 0 Å². The number of rotatable bonds is 13. The molecule has 7 heteroatoms. The predicted octanol–water partition coefficient (Wildman–Crippen LogP) is 4.50. The minimum Gasteiger partial charge on any atom is -0.493 e. The van der Waals surface area contributed by atoms with Crippen LogP contribution in [0, 0.1) is 5.82 Å². The van der Waals surface area contributed by atoms with Crippen molar-refractivity contribution < 1.29 is 23.5 Å². The Bertz CT molecular complexity index is 902. The van der Waals surface area contributed by atoms with Crippen LogP contribution in [0.4, 0.5) is 4.39 Å². The van der Waals surface area contributed by atoms with Gasteiger partial charge in [0.1, 0.15) is 11.9 Å². The van der Waals surface area contributed by atoms with E-state index in [1.165, 1.54) is 12.1 Å². The third-order valence-electron chi connectivity index (χ3n) is 5.56. The molecule has 1 atom stereocenters. The molecule has 1 N–H and O–H groups in total. The van der Waals surface area contributed by atoms with Crippen LogP contribution in [0.3, 0.4) is 0 Å². The van der Waals surface area contributed by atoms with E-state index in [9.17, 15) is 14.0 Å². The van der Waals surface area contributed by atoms with Crippen LogP contribution < -0.4 is 14.8 Å². The van der Waals surface area contributed by atoms with Crippen molar-refractivity contribution in [3.63, 3.8) is 0 Å². The summed E-state index contributed by atoms with van der Waals surface area (Å²) in [5.41, 5.74) is 1.71. The number of hydrogen-bond acceptors (Lipinski definition) is 4. The average molecular weight is 459 g/mol. The molecule has 0 radical (unpaired) electrons. The van der Waals surface area contributed by atoms with Gasteiger partial charge in [-0.3, -0.25) is 9.59 Å². The number of ether oxygens (including phenoxy) is 2. The summed E-state index contributed by atoms with van der Waals surface area (Å²) >= 11 is 0. The van der Waals surface area contributed by atoms with Crippen LogP contribution in [0.5, 0.6) is 11.5 Å². The summed E-state index contributed by atoms with van der Waals surface area (Å²) in [6.07, 6.45) is 3.07. The van der Waals surface area contributed by atoms with E-state index in [0.29, 0.717) is 30.9 Å². The highest BCUT2D eigenvalue weighted by Gasteiger charge is 2.28. The van der Waals surface area contributed by atoms with Gasteiger partial charge >= 0.3 is 0 Å². The first-order valence-electron chi connectivity index (χ1n) is 11.5. The molecule has 0 unspecified atom stereocenters. The number of aryl methyl sites for hydroxylation is 1. The normalized spacial score (nSPS) is 11.5. The zero-order valence-corrected chi connectivity index (χ0v) is 20.0. The van der Waals surface area contributed by atoms with Gasteiger partial charge in [0.25, 0.3) is 0 Å². The van der Waals surface area contributed by atoms with Gasteiger partial charge in [0.15, 0.2) is 11.5 Å². The maximum absolute atomic E-state index is 13.4. The number of unbranched alkanes of at least 4 members (excludes halogenated alkanes) is 1. The van der Waals surface area contributed by atoms with Gasteiger partial charge in [0.05, 0.1) is 14.2 Å². The summed E-state index contributed by atoms with van der Waals surface area (Å²) in [6.45, 7) is 4.77. The van der Waals surface area contributed by atoms with Crippen LogP contribution in [0.25, 0.3) is 0 Å². The van der Waals surface area contributed by atoms with Gasteiger partial charge in [0, 0.05) is 19.5 Å². The molecule has 0 heterocycles. The second-order valence-corrected chi connectivity index (χ2v) is 7.91. The third kappa shape index (κ3) is 7.77. The summed E-state index contributed by atoms with van der Waals surface area (Å²) in [4.78, 5) is 27.8. The molecule has 2 amide bonds. The number of amides is 2. The Morgan fingerprint density at radius 2 is 1.67 bits per heavy atom. The number of hydrogen-bond donors (Lipinski definition) is 1. The Morgan fingerprint density at radius 1 is 1.00 bits per heavy atom. The zero-order valence-electron chi connectivity index (χ0n) is 20.0. The van der Waals surface area contributed by atoms with Crippen LogP contribution in [0.15, 0.2) is 42.5 Å². The molecule has 0 fully saturated rings. The molecule has 0 aliphatic rings. The molecule has 6 nitrogen and oxygen atoms in total. The van der Waals surface area contributed by atoms with Crippen LogP contribution in [-0.4, -0.2) is 43.5 Å². The Kier molecular flexibility index (Phi) is 10.7.